The largest absolute Gasteiger partial charge is 0.325 e. The van der Waals surface area contributed by atoms with Crippen LogP contribution in [0.4, 0.5) is 4.79 Å². The first-order valence-electron chi connectivity index (χ1n) is 4.42. The van der Waals surface area contributed by atoms with E-state index >= 15 is 0 Å². The highest BCUT2D eigenvalue weighted by Gasteiger charge is 2.29. The molecule has 0 radical (unpaired) electrons. The second-order valence-corrected chi connectivity index (χ2v) is 3.32. The lowest BCUT2D eigenvalue weighted by atomic mass is 10.1. The summed E-state index contributed by atoms with van der Waals surface area (Å²) < 4.78 is 0. The third kappa shape index (κ3) is 1.47. The number of piperidine rings is 1. The molecule has 0 spiro atoms. The van der Waals surface area contributed by atoms with E-state index in [1.165, 1.54) is 19.3 Å². The second kappa shape index (κ2) is 2.72. The first kappa shape index (κ1) is 6.95. The van der Waals surface area contributed by atoms with Crippen molar-refractivity contribution in [2.24, 2.45) is 0 Å². The quantitative estimate of drug-likeness (QED) is 0.476. The maximum atomic E-state index is 11.4. The Morgan fingerprint density at radius 3 is 1.91 bits per heavy atom. The lowest BCUT2D eigenvalue weighted by molar-refractivity contribution is 0.173. The van der Waals surface area contributed by atoms with Crippen LogP contribution in [-0.2, 0) is 0 Å². The fraction of sp³-hybridized carbons (Fsp3) is 0.875. The average molecular weight is 154 g/mol. The van der Waals surface area contributed by atoms with Crippen LogP contribution in [0, 0.1) is 0 Å². The summed E-state index contributed by atoms with van der Waals surface area (Å²) in [6.45, 7) is 3.93. The molecule has 0 aromatic heterocycles. The predicted octanol–water partition coefficient (Wildman–Crippen LogP) is 0.908. The number of urea groups is 1. The van der Waals surface area contributed by atoms with Gasteiger partial charge in [-0.1, -0.05) is 0 Å². The van der Waals surface area contributed by atoms with Crippen LogP contribution in [-0.4, -0.2) is 42.0 Å². The molecule has 2 amide bonds. The Hall–Kier alpha value is -0.730. The van der Waals surface area contributed by atoms with E-state index < -0.39 is 0 Å². The first-order valence-corrected chi connectivity index (χ1v) is 4.42. The van der Waals surface area contributed by atoms with Crippen LogP contribution in [0.25, 0.3) is 0 Å². The van der Waals surface area contributed by atoms with Crippen LogP contribution in [0.5, 0.6) is 0 Å². The molecule has 2 aliphatic rings. The molecule has 2 fully saturated rings. The minimum Gasteiger partial charge on any atom is -0.325 e. The van der Waals surface area contributed by atoms with Crippen molar-refractivity contribution < 1.29 is 4.79 Å². The molecule has 2 heterocycles. The summed E-state index contributed by atoms with van der Waals surface area (Å²) in [7, 11) is 0. The van der Waals surface area contributed by atoms with Crippen molar-refractivity contribution in [1.82, 2.24) is 9.80 Å². The zero-order valence-corrected chi connectivity index (χ0v) is 6.75. The summed E-state index contributed by atoms with van der Waals surface area (Å²) in [4.78, 5) is 15.3. The summed E-state index contributed by atoms with van der Waals surface area (Å²) >= 11 is 0. The van der Waals surface area contributed by atoms with Gasteiger partial charge in [-0.15, -0.1) is 0 Å². The van der Waals surface area contributed by atoms with Crippen molar-refractivity contribution in [2.45, 2.75) is 19.3 Å². The second-order valence-electron chi connectivity index (χ2n) is 3.32. The topological polar surface area (TPSA) is 23.3 Å². The van der Waals surface area contributed by atoms with Gasteiger partial charge >= 0.3 is 6.03 Å². The molecular formula is C8H14N2O. The van der Waals surface area contributed by atoms with Crippen molar-refractivity contribution in [1.29, 1.82) is 0 Å². The zero-order valence-electron chi connectivity index (χ0n) is 6.75. The Morgan fingerprint density at radius 1 is 0.818 bits per heavy atom. The fourth-order valence-electron chi connectivity index (χ4n) is 1.53. The summed E-state index contributed by atoms with van der Waals surface area (Å²) in [6, 6.07) is 0.268. The molecule has 0 atom stereocenters. The SMILES string of the molecule is O=C(N1CCCCC1)N1CC1. The van der Waals surface area contributed by atoms with Crippen molar-refractivity contribution in [3.8, 4) is 0 Å². The lowest BCUT2D eigenvalue weighted by Gasteiger charge is -2.26. The number of hydrogen-bond donors (Lipinski definition) is 0. The summed E-state index contributed by atoms with van der Waals surface area (Å²) in [5.41, 5.74) is 0. The molecule has 0 aromatic carbocycles. The molecule has 62 valence electrons. The Balaban J connectivity index is 1.86. The summed E-state index contributed by atoms with van der Waals surface area (Å²) in [6.07, 6.45) is 3.68. The van der Waals surface area contributed by atoms with Crippen LogP contribution >= 0.6 is 0 Å². The van der Waals surface area contributed by atoms with E-state index in [1.54, 1.807) is 0 Å². The smallest absolute Gasteiger partial charge is 0.320 e. The Labute approximate surface area is 67.0 Å². The van der Waals surface area contributed by atoms with Gasteiger partial charge in [0.2, 0.25) is 0 Å². The highest BCUT2D eigenvalue weighted by Crippen LogP contribution is 2.14. The molecule has 0 aromatic rings. The van der Waals surface area contributed by atoms with Crippen LogP contribution in [0.1, 0.15) is 19.3 Å². The van der Waals surface area contributed by atoms with Crippen molar-refractivity contribution in [3.63, 3.8) is 0 Å². The van der Waals surface area contributed by atoms with Gasteiger partial charge in [0.15, 0.2) is 0 Å². The van der Waals surface area contributed by atoms with Crippen LogP contribution in [0.2, 0.25) is 0 Å². The lowest BCUT2D eigenvalue weighted by Crippen LogP contribution is -2.38. The number of likely N-dealkylation sites (tertiary alicyclic amines) is 1. The molecule has 2 rings (SSSR count). The number of nitrogens with zero attached hydrogens (tertiary/aromatic N) is 2. The van der Waals surface area contributed by atoms with Crippen LogP contribution < -0.4 is 0 Å². The van der Waals surface area contributed by atoms with Gasteiger partial charge in [0.05, 0.1) is 0 Å². The monoisotopic (exact) mass is 154 g/mol. The molecule has 2 aliphatic heterocycles. The maximum absolute atomic E-state index is 11.4. The molecule has 0 saturated carbocycles. The Kier molecular flexibility index (Phi) is 1.72. The van der Waals surface area contributed by atoms with Gasteiger partial charge < -0.3 is 9.80 Å². The Bertz CT molecular complexity index is 159. The van der Waals surface area contributed by atoms with E-state index in [-0.39, 0.29) is 6.03 Å². The third-order valence-corrected chi connectivity index (χ3v) is 2.34. The number of carbonyl (C=O) groups excluding carboxylic acids is 1. The number of hydrogen-bond acceptors (Lipinski definition) is 1. The van der Waals surface area contributed by atoms with E-state index in [0.717, 1.165) is 26.2 Å². The molecule has 0 bridgehead atoms. The van der Waals surface area contributed by atoms with Gasteiger partial charge in [-0.25, -0.2) is 4.79 Å². The standard InChI is InChI=1S/C8H14N2O/c11-8(10-6-7-10)9-4-2-1-3-5-9/h1-7H2. The minimum atomic E-state index is 0.268. The van der Waals surface area contributed by atoms with Crippen LogP contribution in [0.15, 0.2) is 0 Å². The molecule has 3 nitrogen and oxygen atoms in total. The third-order valence-electron chi connectivity index (χ3n) is 2.34. The normalized spacial score (nSPS) is 23.6. The molecular weight excluding hydrogens is 140 g/mol. The van der Waals surface area contributed by atoms with E-state index in [4.69, 9.17) is 0 Å². The molecule has 0 unspecified atom stereocenters. The maximum Gasteiger partial charge on any atom is 0.320 e. The van der Waals surface area contributed by atoms with Crippen molar-refractivity contribution in [3.05, 3.63) is 0 Å². The molecule has 0 aliphatic carbocycles. The highest BCUT2D eigenvalue weighted by molar-refractivity contribution is 5.76. The zero-order chi connectivity index (χ0) is 7.68. The van der Waals surface area contributed by atoms with Gasteiger partial charge in [-0.2, -0.15) is 0 Å². The van der Waals surface area contributed by atoms with Crippen LogP contribution in [0.3, 0.4) is 0 Å². The summed E-state index contributed by atoms with van der Waals surface area (Å²) in [5, 5.41) is 0. The predicted molar refractivity (Wildman–Crippen MR) is 42.4 cm³/mol. The Morgan fingerprint density at radius 2 is 1.36 bits per heavy atom. The fourth-order valence-corrected chi connectivity index (χ4v) is 1.53. The molecule has 0 N–H and O–H groups in total. The van der Waals surface area contributed by atoms with Gasteiger partial charge in [0.1, 0.15) is 0 Å². The average Bonchev–Trinajstić information content (AvgIpc) is 2.87. The molecule has 2 saturated heterocycles. The first-order chi connectivity index (χ1) is 5.38. The van der Waals surface area contributed by atoms with Gasteiger partial charge in [0.25, 0.3) is 0 Å². The van der Waals surface area contributed by atoms with E-state index in [0.29, 0.717) is 0 Å². The summed E-state index contributed by atoms with van der Waals surface area (Å²) in [5.74, 6) is 0. The minimum absolute atomic E-state index is 0.268. The van der Waals surface area contributed by atoms with E-state index in [2.05, 4.69) is 0 Å². The van der Waals surface area contributed by atoms with Gasteiger partial charge in [0, 0.05) is 26.2 Å². The molecule has 11 heavy (non-hydrogen) atoms. The number of amides is 2. The highest BCUT2D eigenvalue weighted by atomic mass is 16.2. The van der Waals surface area contributed by atoms with E-state index in [9.17, 15) is 4.79 Å². The number of carbonyl (C=O) groups is 1. The molecule has 3 heteroatoms. The van der Waals surface area contributed by atoms with E-state index in [1.807, 2.05) is 9.80 Å². The van der Waals surface area contributed by atoms with Gasteiger partial charge in [-0.3, -0.25) is 0 Å². The van der Waals surface area contributed by atoms with Crippen molar-refractivity contribution >= 4 is 6.03 Å². The van der Waals surface area contributed by atoms with Crippen molar-refractivity contribution in [2.75, 3.05) is 26.2 Å². The number of rotatable bonds is 0. The van der Waals surface area contributed by atoms with Gasteiger partial charge in [-0.05, 0) is 19.3 Å².